The van der Waals surface area contributed by atoms with Crippen LogP contribution in [-0.4, -0.2) is 109 Å². The van der Waals surface area contributed by atoms with Gasteiger partial charge < -0.3 is 42.6 Å². The highest BCUT2D eigenvalue weighted by Gasteiger charge is 2.57. The Morgan fingerprint density at radius 3 is 1.10 bits per heavy atom. The molecule has 2 fully saturated rings. The number of carbonyl (C=O) groups excluding carboxylic acids is 6. The first-order valence-electron chi connectivity index (χ1n) is 23.2. The summed E-state index contributed by atoms with van der Waals surface area (Å²) in [6.07, 6.45) is -13.7. The lowest BCUT2D eigenvalue weighted by Crippen LogP contribution is -2.66. The lowest BCUT2D eigenvalue weighted by molar-refractivity contribution is -0.330. The highest BCUT2D eigenvalue weighted by Crippen LogP contribution is 2.39. The molecule has 16 heteroatoms. The van der Waals surface area contributed by atoms with E-state index in [-0.39, 0.29) is 33.4 Å². The molecule has 370 valence electrons. The van der Waals surface area contributed by atoms with Gasteiger partial charge in [-0.25, -0.2) is 28.8 Å². The zero-order valence-corrected chi connectivity index (χ0v) is 39.9. The molecular weight excluding hydrogens is 945 g/mol. The van der Waals surface area contributed by atoms with Crippen LogP contribution < -0.4 is 0 Å². The molecule has 0 amide bonds. The Labute approximate surface area is 419 Å². The van der Waals surface area contributed by atoms with Gasteiger partial charge in [0.15, 0.2) is 36.8 Å². The van der Waals surface area contributed by atoms with Crippen LogP contribution in [0.25, 0.3) is 0 Å². The number of hydrogen-bond acceptors (Lipinski definition) is 16. The van der Waals surface area contributed by atoms with Crippen LogP contribution in [0.2, 0.25) is 0 Å². The average Bonchev–Trinajstić information content (AvgIpc) is 3.42. The molecule has 2 saturated heterocycles. The second kappa shape index (κ2) is 24.5. The van der Waals surface area contributed by atoms with E-state index in [9.17, 15) is 28.8 Å². The third kappa shape index (κ3) is 12.6. The van der Waals surface area contributed by atoms with Gasteiger partial charge in [-0.05, 0) is 85.5 Å². The van der Waals surface area contributed by atoms with Crippen molar-refractivity contribution in [2.75, 3.05) is 12.4 Å². The summed E-state index contributed by atoms with van der Waals surface area (Å²) in [5.41, 5.74) is -0.143. The van der Waals surface area contributed by atoms with Crippen LogP contribution in [0.4, 0.5) is 0 Å². The molecule has 2 heterocycles. The number of hydrogen-bond donors (Lipinski definition) is 0. The Hall–Kier alpha value is -7.63. The summed E-state index contributed by atoms with van der Waals surface area (Å²) in [7, 11) is 0. The summed E-state index contributed by atoms with van der Waals surface area (Å²) in [5, 5.41) is 0. The molecule has 0 spiro atoms. The van der Waals surface area contributed by atoms with Gasteiger partial charge in [0.2, 0.25) is 0 Å². The highest BCUT2D eigenvalue weighted by atomic mass is 32.2. The normalized spacial score (nSPS) is 23.6. The number of rotatable bonds is 17. The monoisotopic (exact) mass is 994 g/mol. The van der Waals surface area contributed by atoms with Crippen molar-refractivity contribution in [3.8, 4) is 0 Å². The van der Waals surface area contributed by atoms with Crippen molar-refractivity contribution in [2.45, 2.75) is 74.4 Å². The molecule has 15 nitrogen and oxygen atoms in total. The van der Waals surface area contributed by atoms with E-state index in [0.717, 1.165) is 0 Å². The van der Waals surface area contributed by atoms with Crippen molar-refractivity contribution in [1.82, 2.24) is 0 Å². The Morgan fingerprint density at radius 2 is 0.722 bits per heavy atom. The van der Waals surface area contributed by atoms with Crippen LogP contribution in [0.15, 0.2) is 182 Å². The van der Waals surface area contributed by atoms with E-state index in [1.165, 1.54) is 60.3 Å². The second-order valence-corrected chi connectivity index (χ2v) is 17.8. The third-order valence-electron chi connectivity index (χ3n) is 11.6. The zero-order chi connectivity index (χ0) is 50.4. The van der Waals surface area contributed by atoms with E-state index in [0.29, 0.717) is 5.75 Å². The predicted molar refractivity (Wildman–Crippen MR) is 261 cm³/mol. The van der Waals surface area contributed by atoms with E-state index in [1.54, 1.807) is 140 Å². The summed E-state index contributed by atoms with van der Waals surface area (Å²) in [4.78, 5) is 84.2. The van der Waals surface area contributed by atoms with Crippen molar-refractivity contribution in [2.24, 2.45) is 0 Å². The first-order valence-corrected chi connectivity index (χ1v) is 24.2. The van der Waals surface area contributed by atoms with Gasteiger partial charge in [-0.2, -0.15) is 0 Å². The molecule has 0 bridgehead atoms. The van der Waals surface area contributed by atoms with Gasteiger partial charge in [-0.1, -0.05) is 116 Å². The third-order valence-corrected chi connectivity index (χ3v) is 12.6. The number of thioether (sulfide) groups is 1. The molecule has 2 aliphatic heterocycles. The van der Waals surface area contributed by atoms with Crippen LogP contribution in [0.1, 0.15) is 76.0 Å². The number of esters is 6. The van der Waals surface area contributed by atoms with Gasteiger partial charge in [-0.3, -0.25) is 0 Å². The first kappa shape index (κ1) is 50.7. The minimum absolute atomic E-state index is 0.0922. The predicted octanol–water partition coefficient (Wildman–Crippen LogP) is 8.58. The molecule has 6 aromatic rings. The second-order valence-electron chi connectivity index (χ2n) is 16.5. The van der Waals surface area contributed by atoms with E-state index in [1.807, 2.05) is 6.92 Å². The zero-order valence-electron chi connectivity index (χ0n) is 39.0. The minimum atomic E-state index is -1.77. The van der Waals surface area contributed by atoms with Crippen LogP contribution >= 0.6 is 11.8 Å². The summed E-state index contributed by atoms with van der Waals surface area (Å²) >= 11 is 1.23. The van der Waals surface area contributed by atoms with Crippen molar-refractivity contribution in [1.29, 1.82) is 0 Å². The first-order chi connectivity index (χ1) is 35.1. The Kier molecular flexibility index (Phi) is 17.2. The standard InChI is InChI=1S/C56H50O15S/c1-3-72-56-48(70-54(62)41-32-20-9-21-33-41)46(68-52(60)39-28-16-7-17-29-39)44(42(65-56)34-63-49(57)36-22-10-4-11-23-36)71-55-47(69-53(61)40-30-18-8-19-31-40)45(67-51(59)38-26-14-6-15-27-38)43(35(2)64-55)66-50(58)37-24-12-5-13-25-37/h4-33,35,42-48,55-56H,3,34H2,1-2H3/t35?,42?,43-,44+,45?,46?,47?,48?,55-,56-/m0/s1. The average molecular weight is 995 g/mol. The Morgan fingerprint density at radius 1 is 0.403 bits per heavy atom. The fraction of sp³-hybridized carbons (Fsp3) is 0.250. The molecule has 2 aliphatic rings. The van der Waals surface area contributed by atoms with Gasteiger partial charge in [0.05, 0.1) is 39.5 Å². The topological polar surface area (TPSA) is 185 Å². The van der Waals surface area contributed by atoms with E-state index < -0.39 is 103 Å². The minimum Gasteiger partial charge on any atom is -0.459 e. The summed E-state index contributed by atoms with van der Waals surface area (Å²) in [6, 6.07) is 48.5. The van der Waals surface area contributed by atoms with Gasteiger partial charge >= 0.3 is 35.8 Å². The number of carbonyl (C=O) groups is 6. The smallest absolute Gasteiger partial charge is 0.338 e. The number of ether oxygens (including phenoxy) is 9. The Bertz CT molecular complexity index is 2750. The lowest BCUT2D eigenvalue weighted by Gasteiger charge is -2.48. The molecule has 8 rings (SSSR count). The summed E-state index contributed by atoms with van der Waals surface area (Å²) < 4.78 is 57.2. The largest absolute Gasteiger partial charge is 0.459 e. The fourth-order valence-electron chi connectivity index (χ4n) is 8.04. The maximum absolute atomic E-state index is 14.3. The molecule has 0 saturated carbocycles. The maximum atomic E-state index is 14.3. The molecule has 6 unspecified atom stereocenters. The van der Waals surface area contributed by atoms with Crippen LogP contribution in [0.5, 0.6) is 0 Å². The molecule has 0 aromatic heterocycles. The van der Waals surface area contributed by atoms with Gasteiger partial charge in [0, 0.05) is 0 Å². The van der Waals surface area contributed by atoms with Gasteiger partial charge in [-0.15, -0.1) is 11.8 Å². The van der Waals surface area contributed by atoms with Crippen molar-refractivity contribution in [3.05, 3.63) is 215 Å². The Balaban J connectivity index is 1.24. The molecule has 72 heavy (non-hydrogen) atoms. The van der Waals surface area contributed by atoms with Crippen LogP contribution in [0.3, 0.4) is 0 Å². The molecule has 0 aliphatic carbocycles. The highest BCUT2D eigenvalue weighted by molar-refractivity contribution is 7.99. The molecule has 0 radical (unpaired) electrons. The number of benzene rings is 6. The van der Waals surface area contributed by atoms with E-state index in [2.05, 4.69) is 0 Å². The van der Waals surface area contributed by atoms with Crippen molar-refractivity contribution >= 4 is 47.6 Å². The molecule has 0 N–H and O–H groups in total. The van der Waals surface area contributed by atoms with E-state index >= 15 is 0 Å². The van der Waals surface area contributed by atoms with E-state index in [4.69, 9.17) is 42.6 Å². The fourth-order valence-corrected chi connectivity index (χ4v) is 8.99. The lowest BCUT2D eigenvalue weighted by atomic mass is 9.96. The SMILES string of the molecule is CCS[C@@H]1OC(COC(=O)c2ccccc2)[C@@H](O[C@@H]2OC(C)[C@H](OC(=O)c3ccccc3)C(OC(=O)c3ccccc3)C2OC(=O)c2ccccc2)C(OC(=O)c2ccccc2)C1OC(=O)c1ccccc1. The van der Waals surface area contributed by atoms with Crippen molar-refractivity contribution in [3.63, 3.8) is 0 Å². The molecule has 6 aromatic carbocycles. The molecule has 10 atom stereocenters. The quantitative estimate of drug-likeness (QED) is 0.0624. The maximum Gasteiger partial charge on any atom is 0.338 e. The van der Waals surface area contributed by atoms with Crippen molar-refractivity contribution < 1.29 is 71.4 Å². The van der Waals surface area contributed by atoms with Gasteiger partial charge in [0.1, 0.15) is 24.3 Å². The summed E-state index contributed by atoms with van der Waals surface area (Å²) in [5.74, 6) is -4.51. The van der Waals surface area contributed by atoms with Crippen LogP contribution in [0, 0.1) is 0 Å². The summed E-state index contributed by atoms with van der Waals surface area (Å²) in [6.45, 7) is 2.88. The molecular formula is C56H50O15S. The van der Waals surface area contributed by atoms with Gasteiger partial charge in [0.25, 0.3) is 0 Å². The van der Waals surface area contributed by atoms with Crippen LogP contribution in [-0.2, 0) is 42.6 Å².